The molecule has 0 aromatic heterocycles. The van der Waals surface area contributed by atoms with Crippen molar-refractivity contribution in [3.63, 3.8) is 0 Å². The first-order valence-electron chi connectivity index (χ1n) is 3.13. The van der Waals surface area contributed by atoms with Crippen molar-refractivity contribution in [2.75, 3.05) is 20.3 Å². The lowest BCUT2D eigenvalue weighted by Gasteiger charge is -2.01. The molecule has 52 valence electrons. The lowest BCUT2D eigenvalue weighted by atomic mass is 10.2. The van der Waals surface area contributed by atoms with Crippen LogP contribution in [0.5, 0.6) is 0 Å². The molecule has 0 amide bonds. The van der Waals surface area contributed by atoms with Gasteiger partial charge >= 0.3 is 0 Å². The van der Waals surface area contributed by atoms with Gasteiger partial charge in [0.15, 0.2) is 0 Å². The SMILES string of the molecule is COCC1C=C(C)OC1. The van der Waals surface area contributed by atoms with E-state index in [-0.39, 0.29) is 0 Å². The highest BCUT2D eigenvalue weighted by Gasteiger charge is 2.12. The van der Waals surface area contributed by atoms with Gasteiger partial charge in [-0.2, -0.15) is 0 Å². The van der Waals surface area contributed by atoms with Gasteiger partial charge in [0, 0.05) is 13.0 Å². The molecule has 0 aliphatic carbocycles. The number of allylic oxidation sites excluding steroid dienone is 1. The van der Waals surface area contributed by atoms with Crippen molar-refractivity contribution in [1.82, 2.24) is 0 Å². The highest BCUT2D eigenvalue weighted by molar-refractivity contribution is 4.99. The van der Waals surface area contributed by atoms with E-state index in [1.54, 1.807) is 7.11 Å². The minimum absolute atomic E-state index is 0.481. The molecule has 0 radical (unpaired) electrons. The molecule has 1 heterocycles. The van der Waals surface area contributed by atoms with Crippen LogP contribution in [0.25, 0.3) is 0 Å². The van der Waals surface area contributed by atoms with E-state index in [0.29, 0.717) is 5.92 Å². The second-order valence-corrected chi connectivity index (χ2v) is 2.30. The standard InChI is InChI=1S/C7H12O2/c1-6-3-7(4-8-2)5-9-6/h3,7H,4-5H2,1-2H3. The van der Waals surface area contributed by atoms with E-state index in [2.05, 4.69) is 6.08 Å². The van der Waals surface area contributed by atoms with Gasteiger partial charge in [-0.05, 0) is 13.0 Å². The number of hydrogen-bond donors (Lipinski definition) is 0. The largest absolute Gasteiger partial charge is 0.498 e. The Morgan fingerprint density at radius 2 is 2.67 bits per heavy atom. The molecule has 2 heteroatoms. The minimum atomic E-state index is 0.481. The molecular formula is C7H12O2. The van der Waals surface area contributed by atoms with E-state index in [9.17, 15) is 0 Å². The first-order valence-corrected chi connectivity index (χ1v) is 3.13. The normalized spacial score (nSPS) is 25.6. The van der Waals surface area contributed by atoms with E-state index in [4.69, 9.17) is 9.47 Å². The van der Waals surface area contributed by atoms with Gasteiger partial charge in [-0.1, -0.05) is 0 Å². The first kappa shape index (κ1) is 6.62. The summed E-state index contributed by atoms with van der Waals surface area (Å²) in [6, 6.07) is 0. The number of ether oxygens (including phenoxy) is 2. The second kappa shape index (κ2) is 2.87. The van der Waals surface area contributed by atoms with Gasteiger partial charge in [0.05, 0.1) is 19.0 Å². The summed E-state index contributed by atoms with van der Waals surface area (Å²) in [5, 5.41) is 0. The molecule has 0 saturated carbocycles. The van der Waals surface area contributed by atoms with Crippen LogP contribution in [0.3, 0.4) is 0 Å². The Morgan fingerprint density at radius 3 is 3.11 bits per heavy atom. The quantitative estimate of drug-likeness (QED) is 0.556. The van der Waals surface area contributed by atoms with Gasteiger partial charge in [-0.3, -0.25) is 0 Å². The molecule has 1 atom stereocenters. The van der Waals surface area contributed by atoms with Gasteiger partial charge < -0.3 is 9.47 Å². The lowest BCUT2D eigenvalue weighted by molar-refractivity contribution is 0.135. The summed E-state index contributed by atoms with van der Waals surface area (Å²) >= 11 is 0. The molecule has 0 fully saturated rings. The predicted octanol–water partition coefficient (Wildman–Crippen LogP) is 1.18. The zero-order valence-corrected chi connectivity index (χ0v) is 5.89. The number of methoxy groups -OCH3 is 1. The fourth-order valence-electron chi connectivity index (χ4n) is 0.977. The van der Waals surface area contributed by atoms with Gasteiger partial charge in [-0.25, -0.2) is 0 Å². The van der Waals surface area contributed by atoms with Crippen LogP contribution in [0.2, 0.25) is 0 Å². The maximum absolute atomic E-state index is 5.20. The van der Waals surface area contributed by atoms with Gasteiger partial charge in [0.2, 0.25) is 0 Å². The Hall–Kier alpha value is -0.500. The van der Waals surface area contributed by atoms with Crippen molar-refractivity contribution in [1.29, 1.82) is 0 Å². The molecule has 0 spiro atoms. The summed E-state index contributed by atoms with van der Waals surface area (Å²) in [5.41, 5.74) is 0. The Bertz CT molecular complexity index is 118. The molecule has 1 unspecified atom stereocenters. The van der Waals surface area contributed by atoms with Crippen molar-refractivity contribution in [2.24, 2.45) is 5.92 Å². The molecule has 1 aliphatic heterocycles. The molecule has 0 bridgehead atoms. The van der Waals surface area contributed by atoms with Crippen molar-refractivity contribution in [3.05, 3.63) is 11.8 Å². The number of rotatable bonds is 2. The Morgan fingerprint density at radius 1 is 1.89 bits per heavy atom. The van der Waals surface area contributed by atoms with Crippen molar-refractivity contribution in [3.8, 4) is 0 Å². The molecule has 0 saturated heterocycles. The fraction of sp³-hybridized carbons (Fsp3) is 0.714. The summed E-state index contributed by atoms with van der Waals surface area (Å²) < 4.78 is 10.1. The molecule has 1 aliphatic rings. The van der Waals surface area contributed by atoms with Crippen LogP contribution < -0.4 is 0 Å². The molecular weight excluding hydrogens is 116 g/mol. The molecule has 9 heavy (non-hydrogen) atoms. The van der Waals surface area contributed by atoms with Crippen LogP contribution in [-0.4, -0.2) is 20.3 Å². The second-order valence-electron chi connectivity index (χ2n) is 2.30. The first-order chi connectivity index (χ1) is 4.33. The van der Waals surface area contributed by atoms with E-state index in [1.165, 1.54) is 0 Å². The van der Waals surface area contributed by atoms with E-state index >= 15 is 0 Å². The molecule has 0 aromatic rings. The van der Waals surface area contributed by atoms with Crippen molar-refractivity contribution < 1.29 is 9.47 Å². The predicted molar refractivity (Wildman–Crippen MR) is 35.1 cm³/mol. The summed E-state index contributed by atoms with van der Waals surface area (Å²) in [4.78, 5) is 0. The zero-order chi connectivity index (χ0) is 6.69. The Labute approximate surface area is 55.5 Å². The summed E-state index contributed by atoms with van der Waals surface area (Å²) in [6.45, 7) is 3.53. The maximum Gasteiger partial charge on any atom is 0.0963 e. The molecule has 0 N–H and O–H groups in total. The third kappa shape index (κ3) is 1.72. The van der Waals surface area contributed by atoms with Crippen LogP contribution in [0.1, 0.15) is 6.92 Å². The van der Waals surface area contributed by atoms with Crippen LogP contribution in [0.15, 0.2) is 11.8 Å². The monoisotopic (exact) mass is 128 g/mol. The van der Waals surface area contributed by atoms with E-state index in [0.717, 1.165) is 19.0 Å². The van der Waals surface area contributed by atoms with Crippen LogP contribution >= 0.6 is 0 Å². The fourth-order valence-corrected chi connectivity index (χ4v) is 0.977. The zero-order valence-electron chi connectivity index (χ0n) is 5.89. The molecule has 1 rings (SSSR count). The average Bonchev–Trinajstić information content (AvgIpc) is 2.17. The van der Waals surface area contributed by atoms with Crippen molar-refractivity contribution in [2.45, 2.75) is 6.92 Å². The molecule has 0 aromatic carbocycles. The van der Waals surface area contributed by atoms with Crippen LogP contribution in [0.4, 0.5) is 0 Å². The highest BCUT2D eigenvalue weighted by atomic mass is 16.5. The lowest BCUT2D eigenvalue weighted by Crippen LogP contribution is -2.06. The minimum Gasteiger partial charge on any atom is -0.498 e. The topological polar surface area (TPSA) is 18.5 Å². The maximum atomic E-state index is 5.20. The van der Waals surface area contributed by atoms with Crippen LogP contribution in [-0.2, 0) is 9.47 Å². The van der Waals surface area contributed by atoms with E-state index in [1.807, 2.05) is 6.92 Å². The summed E-state index contributed by atoms with van der Waals surface area (Å²) in [6.07, 6.45) is 2.10. The van der Waals surface area contributed by atoms with E-state index < -0.39 is 0 Å². The van der Waals surface area contributed by atoms with Gasteiger partial charge in [-0.15, -0.1) is 0 Å². The summed E-state index contributed by atoms with van der Waals surface area (Å²) in [5.74, 6) is 1.51. The van der Waals surface area contributed by atoms with Gasteiger partial charge in [0.1, 0.15) is 0 Å². The molecule has 2 nitrogen and oxygen atoms in total. The Balaban J connectivity index is 2.29. The third-order valence-electron chi connectivity index (χ3n) is 1.38. The summed E-state index contributed by atoms with van der Waals surface area (Å²) in [7, 11) is 1.71. The average molecular weight is 128 g/mol. The smallest absolute Gasteiger partial charge is 0.0963 e. The number of hydrogen-bond acceptors (Lipinski definition) is 2. The highest BCUT2D eigenvalue weighted by Crippen LogP contribution is 2.14. The Kier molecular flexibility index (Phi) is 2.11. The van der Waals surface area contributed by atoms with Gasteiger partial charge in [0.25, 0.3) is 0 Å². The third-order valence-corrected chi connectivity index (χ3v) is 1.38. The van der Waals surface area contributed by atoms with Crippen LogP contribution in [0, 0.1) is 5.92 Å². The van der Waals surface area contributed by atoms with Crippen molar-refractivity contribution >= 4 is 0 Å².